The number of benzene rings is 1. The average molecular weight is 343 g/mol. The van der Waals surface area contributed by atoms with Gasteiger partial charge in [-0.2, -0.15) is 5.26 Å². The summed E-state index contributed by atoms with van der Waals surface area (Å²) in [5.74, 6) is -0.377. The van der Waals surface area contributed by atoms with E-state index >= 15 is 0 Å². The summed E-state index contributed by atoms with van der Waals surface area (Å²) >= 11 is 2.18. The number of nitriles is 1. The molecule has 0 aromatic heterocycles. The third-order valence-corrected chi connectivity index (χ3v) is 3.40. The molecule has 0 bridgehead atoms. The zero-order valence-corrected chi connectivity index (χ0v) is 12.2. The SMILES string of the molecule is CC(=O)OC(c1ccccc1I)C(C)(C)C#N. The second-order valence-electron chi connectivity index (χ2n) is 4.34. The number of carbonyl (C=O) groups is 1. The summed E-state index contributed by atoms with van der Waals surface area (Å²) in [7, 11) is 0. The van der Waals surface area contributed by atoms with E-state index in [1.54, 1.807) is 13.8 Å². The van der Waals surface area contributed by atoms with Crippen molar-refractivity contribution in [3.05, 3.63) is 33.4 Å². The van der Waals surface area contributed by atoms with E-state index in [2.05, 4.69) is 28.7 Å². The first-order chi connectivity index (χ1) is 7.88. The van der Waals surface area contributed by atoms with E-state index in [1.165, 1.54) is 6.92 Å². The summed E-state index contributed by atoms with van der Waals surface area (Å²) in [5, 5.41) is 9.19. The predicted molar refractivity (Wildman–Crippen MR) is 73.1 cm³/mol. The maximum Gasteiger partial charge on any atom is 0.303 e. The Kier molecular flexibility index (Phi) is 4.52. The maximum absolute atomic E-state index is 11.2. The monoisotopic (exact) mass is 343 g/mol. The van der Waals surface area contributed by atoms with Gasteiger partial charge < -0.3 is 4.74 Å². The molecule has 0 heterocycles. The van der Waals surface area contributed by atoms with Crippen LogP contribution >= 0.6 is 22.6 Å². The van der Waals surface area contributed by atoms with E-state index in [0.29, 0.717) is 0 Å². The number of hydrogen-bond acceptors (Lipinski definition) is 3. The Labute approximate surface area is 115 Å². The van der Waals surface area contributed by atoms with Crippen LogP contribution in [0.4, 0.5) is 0 Å². The highest BCUT2D eigenvalue weighted by atomic mass is 127. The van der Waals surface area contributed by atoms with E-state index in [-0.39, 0.29) is 5.97 Å². The van der Waals surface area contributed by atoms with Gasteiger partial charge in [0.15, 0.2) is 0 Å². The highest BCUT2D eigenvalue weighted by Gasteiger charge is 2.34. The lowest BCUT2D eigenvalue weighted by Crippen LogP contribution is -2.25. The summed E-state index contributed by atoms with van der Waals surface area (Å²) in [6.07, 6.45) is -0.543. The molecule has 0 aliphatic rings. The molecule has 0 aliphatic heterocycles. The van der Waals surface area contributed by atoms with Crippen molar-refractivity contribution in [2.75, 3.05) is 0 Å². The minimum atomic E-state index is -0.757. The normalized spacial score (nSPS) is 12.6. The average Bonchev–Trinajstić information content (AvgIpc) is 2.26. The topological polar surface area (TPSA) is 50.1 Å². The smallest absolute Gasteiger partial charge is 0.303 e. The number of esters is 1. The Bertz CT molecular complexity index is 463. The molecule has 90 valence electrons. The highest BCUT2D eigenvalue weighted by Crippen LogP contribution is 2.37. The molecule has 0 fully saturated rings. The lowest BCUT2D eigenvalue weighted by molar-refractivity contribution is -0.151. The van der Waals surface area contributed by atoms with Crippen molar-refractivity contribution in [3.8, 4) is 6.07 Å². The molecule has 0 saturated carbocycles. The molecule has 1 unspecified atom stereocenters. The molecule has 1 aromatic carbocycles. The first-order valence-electron chi connectivity index (χ1n) is 5.21. The second kappa shape index (κ2) is 5.50. The van der Waals surface area contributed by atoms with Gasteiger partial charge in [0.25, 0.3) is 0 Å². The molecule has 0 spiro atoms. The Morgan fingerprint density at radius 2 is 2.06 bits per heavy atom. The summed E-state index contributed by atoms with van der Waals surface area (Å²) < 4.78 is 6.29. The van der Waals surface area contributed by atoms with Gasteiger partial charge in [-0.3, -0.25) is 4.79 Å². The van der Waals surface area contributed by atoms with E-state index in [1.807, 2.05) is 24.3 Å². The van der Waals surface area contributed by atoms with Crippen molar-refractivity contribution in [1.82, 2.24) is 0 Å². The fourth-order valence-corrected chi connectivity index (χ4v) is 2.18. The Hall–Kier alpha value is -1.09. The van der Waals surface area contributed by atoms with Crippen molar-refractivity contribution < 1.29 is 9.53 Å². The second-order valence-corrected chi connectivity index (χ2v) is 5.51. The first-order valence-corrected chi connectivity index (χ1v) is 6.29. The molecule has 3 nitrogen and oxygen atoms in total. The van der Waals surface area contributed by atoms with Gasteiger partial charge in [0, 0.05) is 16.1 Å². The molecule has 0 radical (unpaired) electrons. The number of hydrogen-bond donors (Lipinski definition) is 0. The maximum atomic E-state index is 11.2. The van der Waals surface area contributed by atoms with Gasteiger partial charge >= 0.3 is 5.97 Å². The zero-order valence-electron chi connectivity index (χ0n) is 10.0. The molecular weight excluding hydrogens is 329 g/mol. The van der Waals surface area contributed by atoms with Crippen LogP contribution in [-0.4, -0.2) is 5.97 Å². The molecular formula is C13H14INO2. The first kappa shape index (κ1) is 14.0. The van der Waals surface area contributed by atoms with Crippen LogP contribution in [0.25, 0.3) is 0 Å². The minimum Gasteiger partial charge on any atom is -0.456 e. The third kappa shape index (κ3) is 3.43. The molecule has 0 amide bonds. The third-order valence-electron chi connectivity index (χ3n) is 2.42. The Balaban J connectivity index is 3.21. The molecule has 17 heavy (non-hydrogen) atoms. The van der Waals surface area contributed by atoms with Gasteiger partial charge in [0.2, 0.25) is 0 Å². The highest BCUT2D eigenvalue weighted by molar-refractivity contribution is 14.1. The largest absolute Gasteiger partial charge is 0.456 e. The number of rotatable bonds is 3. The standard InChI is InChI=1S/C13H14INO2/c1-9(16)17-12(13(2,3)8-15)10-6-4-5-7-11(10)14/h4-7,12H,1-3H3. The number of nitrogens with zero attached hydrogens (tertiary/aromatic N) is 1. The molecule has 4 heteroatoms. The van der Waals surface area contributed by atoms with Gasteiger partial charge in [0.1, 0.15) is 6.10 Å². The van der Waals surface area contributed by atoms with Crippen molar-refractivity contribution in [3.63, 3.8) is 0 Å². The number of carbonyl (C=O) groups excluding carboxylic acids is 1. The lowest BCUT2D eigenvalue weighted by atomic mass is 9.84. The van der Waals surface area contributed by atoms with Gasteiger partial charge in [-0.1, -0.05) is 18.2 Å². The van der Waals surface area contributed by atoms with Crippen LogP contribution in [0.15, 0.2) is 24.3 Å². The fourth-order valence-electron chi connectivity index (χ4n) is 1.51. The molecule has 1 rings (SSSR count). The van der Waals surface area contributed by atoms with Crippen molar-refractivity contribution in [2.24, 2.45) is 5.41 Å². The van der Waals surface area contributed by atoms with Gasteiger partial charge in [-0.05, 0) is 42.5 Å². The van der Waals surface area contributed by atoms with Crippen LogP contribution < -0.4 is 0 Å². The minimum absolute atomic E-state index is 0.377. The Morgan fingerprint density at radius 3 is 2.53 bits per heavy atom. The van der Waals surface area contributed by atoms with Gasteiger partial charge in [-0.15, -0.1) is 0 Å². The van der Waals surface area contributed by atoms with E-state index in [9.17, 15) is 10.1 Å². The van der Waals surface area contributed by atoms with Crippen LogP contribution in [-0.2, 0) is 9.53 Å². The van der Waals surface area contributed by atoms with Crippen LogP contribution in [0.2, 0.25) is 0 Å². The van der Waals surface area contributed by atoms with Crippen molar-refractivity contribution >= 4 is 28.6 Å². The molecule has 0 N–H and O–H groups in total. The summed E-state index contributed by atoms with van der Waals surface area (Å²) in [4.78, 5) is 11.2. The van der Waals surface area contributed by atoms with Crippen LogP contribution in [0.3, 0.4) is 0 Å². The Morgan fingerprint density at radius 1 is 1.47 bits per heavy atom. The van der Waals surface area contributed by atoms with Crippen molar-refractivity contribution in [2.45, 2.75) is 26.9 Å². The number of ether oxygens (including phenoxy) is 1. The fraction of sp³-hybridized carbons (Fsp3) is 0.385. The van der Waals surface area contributed by atoms with Gasteiger partial charge in [0.05, 0.1) is 11.5 Å². The lowest BCUT2D eigenvalue weighted by Gasteiger charge is -2.28. The quantitative estimate of drug-likeness (QED) is 0.624. The summed E-state index contributed by atoms with van der Waals surface area (Å²) in [6, 6.07) is 9.79. The number of halogens is 1. The summed E-state index contributed by atoms with van der Waals surface area (Å²) in [5.41, 5.74) is 0.113. The molecule has 0 saturated heterocycles. The van der Waals surface area contributed by atoms with E-state index in [0.717, 1.165) is 9.13 Å². The van der Waals surface area contributed by atoms with Gasteiger partial charge in [-0.25, -0.2) is 0 Å². The van der Waals surface area contributed by atoms with Crippen LogP contribution in [0.5, 0.6) is 0 Å². The van der Waals surface area contributed by atoms with E-state index in [4.69, 9.17) is 4.74 Å². The van der Waals surface area contributed by atoms with Crippen LogP contribution in [0.1, 0.15) is 32.4 Å². The molecule has 0 aliphatic carbocycles. The molecule has 1 aromatic rings. The molecule has 1 atom stereocenters. The van der Waals surface area contributed by atoms with Crippen molar-refractivity contribution in [1.29, 1.82) is 5.26 Å². The van der Waals surface area contributed by atoms with E-state index < -0.39 is 11.5 Å². The predicted octanol–water partition coefficient (Wildman–Crippen LogP) is 3.45. The van der Waals surface area contributed by atoms with Crippen LogP contribution in [0, 0.1) is 20.3 Å². The zero-order chi connectivity index (χ0) is 13.1. The summed E-state index contributed by atoms with van der Waals surface area (Å²) in [6.45, 7) is 4.89.